The van der Waals surface area contributed by atoms with E-state index in [9.17, 15) is 13.2 Å². The van der Waals surface area contributed by atoms with Crippen molar-refractivity contribution in [3.63, 3.8) is 0 Å². The summed E-state index contributed by atoms with van der Waals surface area (Å²) in [6.07, 6.45) is 5.24. The highest BCUT2D eigenvalue weighted by Crippen LogP contribution is 2.23. The van der Waals surface area contributed by atoms with Gasteiger partial charge in [-0.25, -0.2) is 0 Å². The molecule has 0 unspecified atom stereocenters. The summed E-state index contributed by atoms with van der Waals surface area (Å²) >= 11 is 0. The molecule has 2 rings (SSSR count). The maximum absolute atomic E-state index is 10.5. The summed E-state index contributed by atoms with van der Waals surface area (Å²) < 4.78 is 29.6. The van der Waals surface area contributed by atoms with Crippen LogP contribution in [0.3, 0.4) is 0 Å². The van der Waals surface area contributed by atoms with Crippen LogP contribution in [0.4, 0.5) is 0 Å². The molecule has 0 spiro atoms. The summed E-state index contributed by atoms with van der Waals surface area (Å²) in [6, 6.07) is 5.99. The molecule has 2 N–H and O–H groups in total. The highest BCUT2D eigenvalue weighted by molar-refractivity contribution is 7.85. The molecule has 0 radical (unpaired) electrons. The van der Waals surface area contributed by atoms with E-state index >= 15 is 0 Å². The molecule has 1 fully saturated rings. The fourth-order valence-corrected chi connectivity index (χ4v) is 2.54. The van der Waals surface area contributed by atoms with Crippen molar-refractivity contribution in [1.29, 1.82) is 0 Å². The lowest BCUT2D eigenvalue weighted by atomic mass is 9.90. The average Bonchev–Trinajstić information content (AvgIpc) is 2.40. The molecular weight excluding hydrogens is 280 g/mol. The quantitative estimate of drug-likeness (QED) is 0.819. The number of carboxylic acid groups (broad SMARTS) is 1. The van der Waals surface area contributed by atoms with E-state index in [1.54, 1.807) is 12.1 Å². The number of benzene rings is 1. The molecule has 0 atom stereocenters. The Morgan fingerprint density at radius 1 is 1.10 bits per heavy atom. The first-order valence-electron chi connectivity index (χ1n) is 6.57. The lowest BCUT2D eigenvalue weighted by Gasteiger charge is -2.16. The number of carbonyl (C=O) groups is 1. The van der Waals surface area contributed by atoms with Gasteiger partial charge in [0.25, 0.3) is 10.1 Å². The Morgan fingerprint density at radius 2 is 1.60 bits per heavy atom. The first-order valence-corrected chi connectivity index (χ1v) is 8.01. The minimum absolute atomic E-state index is 0.0289. The summed E-state index contributed by atoms with van der Waals surface area (Å²) in [6.45, 7) is 1.84. The van der Waals surface area contributed by atoms with E-state index in [2.05, 4.69) is 0 Å². The van der Waals surface area contributed by atoms with Crippen molar-refractivity contribution in [2.24, 2.45) is 5.92 Å². The smallest absolute Gasteiger partial charge is 0.306 e. The monoisotopic (exact) mass is 300 g/mol. The van der Waals surface area contributed by atoms with Crippen LogP contribution in [-0.4, -0.2) is 24.0 Å². The van der Waals surface area contributed by atoms with Gasteiger partial charge in [-0.1, -0.05) is 37.0 Å². The lowest BCUT2D eigenvalue weighted by Crippen LogP contribution is -2.16. The van der Waals surface area contributed by atoms with Crippen molar-refractivity contribution in [3.8, 4) is 0 Å². The normalized spacial score (nSPS) is 16.1. The summed E-state index contributed by atoms with van der Waals surface area (Å²) in [7, 11) is -4.02. The molecule has 0 amide bonds. The highest BCUT2D eigenvalue weighted by Gasteiger charge is 2.19. The second-order valence-corrected chi connectivity index (χ2v) is 6.38. The predicted molar refractivity (Wildman–Crippen MR) is 75.2 cm³/mol. The number of rotatable bonds is 2. The Labute approximate surface area is 119 Å². The fourth-order valence-electron chi connectivity index (χ4n) is 2.06. The van der Waals surface area contributed by atoms with Crippen LogP contribution in [-0.2, 0) is 14.9 Å². The summed E-state index contributed by atoms with van der Waals surface area (Å²) in [5, 5.41) is 8.54. The van der Waals surface area contributed by atoms with E-state index in [-0.39, 0.29) is 10.8 Å². The Hall–Kier alpha value is -1.40. The molecule has 5 nitrogen and oxygen atoms in total. The van der Waals surface area contributed by atoms with Gasteiger partial charge in [0.15, 0.2) is 0 Å². The molecule has 0 heterocycles. The van der Waals surface area contributed by atoms with E-state index < -0.39 is 16.1 Å². The summed E-state index contributed by atoms with van der Waals surface area (Å²) in [5.41, 5.74) is 0.956. The van der Waals surface area contributed by atoms with Gasteiger partial charge in [0.05, 0.1) is 10.8 Å². The topological polar surface area (TPSA) is 91.7 Å². The number of aliphatic carboxylic acids is 1. The molecule has 1 aromatic carbocycles. The molecule has 1 aliphatic carbocycles. The Bertz CT molecular complexity index is 527. The molecule has 112 valence electrons. The first-order chi connectivity index (χ1) is 9.30. The van der Waals surface area contributed by atoms with Crippen molar-refractivity contribution in [3.05, 3.63) is 29.8 Å². The van der Waals surface area contributed by atoms with Crippen molar-refractivity contribution >= 4 is 16.1 Å². The van der Waals surface area contributed by atoms with Crippen LogP contribution in [0.15, 0.2) is 29.2 Å². The number of hydrogen-bond donors (Lipinski definition) is 2. The van der Waals surface area contributed by atoms with Crippen LogP contribution < -0.4 is 0 Å². The van der Waals surface area contributed by atoms with Crippen molar-refractivity contribution < 1.29 is 22.9 Å². The van der Waals surface area contributed by atoms with Gasteiger partial charge in [-0.2, -0.15) is 8.42 Å². The molecular formula is C14H20O5S. The van der Waals surface area contributed by atoms with Crippen molar-refractivity contribution in [2.45, 2.75) is 43.9 Å². The third-order valence-electron chi connectivity index (χ3n) is 3.27. The molecule has 0 bridgehead atoms. The SMILES string of the molecule is Cc1ccc(S(=O)(=O)O)cc1.O=C(O)C1CCCCC1. The van der Waals surface area contributed by atoms with E-state index in [1.807, 2.05) is 6.92 Å². The zero-order valence-corrected chi connectivity index (χ0v) is 12.3. The Kier molecular flexibility index (Phi) is 6.16. The standard InChI is InChI=1S/C7H8O3S.C7H12O2/c1-6-2-4-7(5-3-6)11(8,9)10;8-7(9)6-4-2-1-3-5-6/h2-5H,1H3,(H,8,9,10);6H,1-5H2,(H,8,9). The zero-order chi connectivity index (χ0) is 15.2. The van der Waals surface area contributed by atoms with Gasteiger partial charge in [0.1, 0.15) is 0 Å². The van der Waals surface area contributed by atoms with Crippen molar-refractivity contribution in [2.75, 3.05) is 0 Å². The van der Waals surface area contributed by atoms with Crippen LogP contribution in [0.2, 0.25) is 0 Å². The highest BCUT2D eigenvalue weighted by atomic mass is 32.2. The van der Waals surface area contributed by atoms with Crippen molar-refractivity contribution in [1.82, 2.24) is 0 Å². The predicted octanol–water partition coefficient (Wildman–Crippen LogP) is 2.89. The largest absolute Gasteiger partial charge is 0.481 e. The van der Waals surface area contributed by atoms with Gasteiger partial charge in [0.2, 0.25) is 0 Å². The minimum Gasteiger partial charge on any atom is -0.481 e. The molecule has 0 aromatic heterocycles. The average molecular weight is 300 g/mol. The zero-order valence-electron chi connectivity index (χ0n) is 11.4. The van der Waals surface area contributed by atoms with Crippen LogP contribution in [0, 0.1) is 12.8 Å². The van der Waals surface area contributed by atoms with Gasteiger partial charge >= 0.3 is 5.97 Å². The van der Waals surface area contributed by atoms with Gasteiger partial charge < -0.3 is 5.11 Å². The summed E-state index contributed by atoms with van der Waals surface area (Å²) in [4.78, 5) is 10.3. The third kappa shape index (κ3) is 5.71. The minimum atomic E-state index is -4.02. The van der Waals surface area contributed by atoms with E-state index in [1.165, 1.54) is 18.6 Å². The van der Waals surface area contributed by atoms with Gasteiger partial charge in [-0.05, 0) is 31.9 Å². The maximum Gasteiger partial charge on any atom is 0.306 e. The third-order valence-corrected chi connectivity index (χ3v) is 4.14. The molecule has 1 saturated carbocycles. The number of aryl methyl sites for hydroxylation is 1. The van der Waals surface area contributed by atoms with E-state index in [0.29, 0.717) is 0 Å². The molecule has 0 saturated heterocycles. The Morgan fingerprint density at radius 3 is 1.95 bits per heavy atom. The fraction of sp³-hybridized carbons (Fsp3) is 0.500. The molecule has 6 heteroatoms. The van der Waals surface area contributed by atoms with E-state index in [4.69, 9.17) is 9.66 Å². The van der Waals surface area contributed by atoms with Crippen LogP contribution in [0.1, 0.15) is 37.7 Å². The second-order valence-electron chi connectivity index (χ2n) is 4.96. The second kappa shape index (κ2) is 7.40. The Balaban J connectivity index is 0.000000204. The summed E-state index contributed by atoms with van der Waals surface area (Å²) in [5.74, 6) is -0.631. The van der Waals surface area contributed by atoms with Gasteiger partial charge in [-0.3, -0.25) is 9.35 Å². The van der Waals surface area contributed by atoms with Crippen LogP contribution >= 0.6 is 0 Å². The molecule has 1 aliphatic rings. The molecule has 0 aliphatic heterocycles. The first kappa shape index (κ1) is 16.7. The van der Waals surface area contributed by atoms with Crippen LogP contribution in [0.5, 0.6) is 0 Å². The van der Waals surface area contributed by atoms with Crippen LogP contribution in [0.25, 0.3) is 0 Å². The number of carboxylic acids is 1. The molecule has 20 heavy (non-hydrogen) atoms. The van der Waals surface area contributed by atoms with Gasteiger partial charge in [-0.15, -0.1) is 0 Å². The maximum atomic E-state index is 10.5. The van der Waals surface area contributed by atoms with E-state index in [0.717, 1.165) is 31.2 Å². The van der Waals surface area contributed by atoms with Gasteiger partial charge in [0, 0.05) is 0 Å². The molecule has 1 aromatic rings. The lowest BCUT2D eigenvalue weighted by molar-refractivity contribution is -0.142. The number of hydrogen-bond acceptors (Lipinski definition) is 3.